The van der Waals surface area contributed by atoms with Gasteiger partial charge in [0.05, 0.1) is 5.39 Å². The highest BCUT2D eigenvalue weighted by molar-refractivity contribution is 7.18. The number of anilines is 1. The maximum atomic E-state index is 14.1. The van der Waals surface area contributed by atoms with Gasteiger partial charge in [-0.05, 0) is 31.0 Å². The van der Waals surface area contributed by atoms with Crippen LogP contribution in [0.5, 0.6) is 0 Å². The smallest absolute Gasteiger partial charge is 0.475 e. The molecule has 0 saturated carbocycles. The Labute approximate surface area is 173 Å². The number of nitrogens with zero attached hydrogens (tertiary/aromatic N) is 2. The van der Waals surface area contributed by atoms with Gasteiger partial charge in [-0.25, -0.2) is 19.2 Å². The number of alkyl halides is 3. The molecule has 0 spiro atoms. The molecule has 0 fully saturated rings. The molecule has 2 heterocycles. The highest BCUT2D eigenvalue weighted by Gasteiger charge is 2.38. The lowest BCUT2D eigenvalue weighted by Gasteiger charge is -2.09. The molecular formula is C19H20F4N4O2S. The number of carboxylic acid groups (broad SMARTS) is 1. The molecule has 6 nitrogen and oxygen atoms in total. The summed E-state index contributed by atoms with van der Waals surface area (Å²) in [5, 5.41) is 11.4. The van der Waals surface area contributed by atoms with E-state index in [9.17, 15) is 17.6 Å². The van der Waals surface area contributed by atoms with Gasteiger partial charge in [-0.3, -0.25) is 0 Å². The van der Waals surface area contributed by atoms with Crippen LogP contribution in [0.4, 0.5) is 23.4 Å². The van der Waals surface area contributed by atoms with E-state index in [4.69, 9.17) is 15.6 Å². The van der Waals surface area contributed by atoms with E-state index in [1.54, 1.807) is 17.4 Å². The maximum absolute atomic E-state index is 14.1. The summed E-state index contributed by atoms with van der Waals surface area (Å²) in [6.45, 7) is 4.70. The fourth-order valence-corrected chi connectivity index (χ4v) is 3.44. The van der Waals surface area contributed by atoms with Crippen LogP contribution in [-0.4, -0.2) is 27.2 Å². The summed E-state index contributed by atoms with van der Waals surface area (Å²) >= 11 is 1.68. The van der Waals surface area contributed by atoms with E-state index in [2.05, 4.69) is 28.3 Å². The normalized spacial score (nSPS) is 11.2. The number of thiophene rings is 1. The molecule has 0 bridgehead atoms. The second-order valence-electron chi connectivity index (χ2n) is 6.19. The van der Waals surface area contributed by atoms with Crippen molar-refractivity contribution in [3.8, 4) is 0 Å². The topological polar surface area (TPSA) is 101 Å². The summed E-state index contributed by atoms with van der Waals surface area (Å²) in [5.74, 6) is -1.54. The summed E-state index contributed by atoms with van der Waals surface area (Å²) in [6, 6.07) is 7.20. The first kappa shape index (κ1) is 23.5. The van der Waals surface area contributed by atoms with E-state index in [1.165, 1.54) is 10.9 Å². The number of aryl methyl sites for hydroxylation is 2. The van der Waals surface area contributed by atoms with E-state index < -0.39 is 12.1 Å². The van der Waals surface area contributed by atoms with Gasteiger partial charge in [-0.2, -0.15) is 13.2 Å². The average molecular weight is 444 g/mol. The zero-order valence-corrected chi connectivity index (χ0v) is 17.0. The van der Waals surface area contributed by atoms with Crippen molar-refractivity contribution in [3.63, 3.8) is 0 Å². The molecule has 0 aliphatic rings. The largest absolute Gasteiger partial charge is 0.490 e. The maximum Gasteiger partial charge on any atom is 0.490 e. The van der Waals surface area contributed by atoms with Crippen LogP contribution in [-0.2, 0) is 24.3 Å². The van der Waals surface area contributed by atoms with Gasteiger partial charge in [0, 0.05) is 23.5 Å². The van der Waals surface area contributed by atoms with Crippen LogP contribution in [0.25, 0.3) is 10.2 Å². The Morgan fingerprint density at radius 3 is 2.47 bits per heavy atom. The number of nitrogens with one attached hydrogen (secondary N) is 1. The summed E-state index contributed by atoms with van der Waals surface area (Å²) in [4.78, 5) is 20.1. The number of benzene rings is 1. The highest BCUT2D eigenvalue weighted by Crippen LogP contribution is 2.29. The lowest BCUT2D eigenvalue weighted by molar-refractivity contribution is -0.192. The summed E-state index contributed by atoms with van der Waals surface area (Å²) < 4.78 is 45.8. The fourth-order valence-electron chi connectivity index (χ4n) is 2.43. The van der Waals surface area contributed by atoms with Gasteiger partial charge in [0.1, 0.15) is 22.3 Å². The third-order valence-electron chi connectivity index (χ3n) is 3.95. The number of hydrogen-bond acceptors (Lipinski definition) is 6. The number of halogens is 4. The summed E-state index contributed by atoms with van der Waals surface area (Å²) in [5.41, 5.74) is 6.91. The Bertz CT molecular complexity index is 1040. The molecular weight excluding hydrogens is 424 g/mol. The Hall–Kier alpha value is -2.79. The van der Waals surface area contributed by atoms with Crippen LogP contribution >= 0.6 is 11.3 Å². The van der Waals surface area contributed by atoms with E-state index in [0.717, 1.165) is 28.0 Å². The molecule has 0 saturated heterocycles. The molecule has 0 unspecified atom stereocenters. The SMILES string of the molecule is CCc1cc2c(NCc3ccc(CN)cc3F)nc(C)nc2s1.O=C(O)C(F)(F)F. The monoisotopic (exact) mass is 444 g/mol. The molecule has 3 rings (SSSR count). The molecule has 0 aliphatic heterocycles. The predicted molar refractivity (Wildman–Crippen MR) is 107 cm³/mol. The second-order valence-corrected chi connectivity index (χ2v) is 7.31. The van der Waals surface area contributed by atoms with Crippen molar-refractivity contribution < 1.29 is 27.5 Å². The van der Waals surface area contributed by atoms with Gasteiger partial charge in [-0.1, -0.05) is 19.1 Å². The molecule has 0 amide bonds. The van der Waals surface area contributed by atoms with Crippen molar-refractivity contribution >= 4 is 33.3 Å². The molecule has 1 aromatic carbocycles. The number of aliphatic carboxylic acids is 1. The molecule has 3 aromatic rings. The van der Waals surface area contributed by atoms with E-state index >= 15 is 0 Å². The Morgan fingerprint density at radius 2 is 1.93 bits per heavy atom. The van der Waals surface area contributed by atoms with Crippen LogP contribution < -0.4 is 11.1 Å². The first-order valence-electron chi connectivity index (χ1n) is 8.83. The molecule has 0 aliphatic carbocycles. The van der Waals surface area contributed by atoms with Gasteiger partial charge in [0.25, 0.3) is 0 Å². The number of hydrogen-bond donors (Lipinski definition) is 3. The zero-order chi connectivity index (χ0) is 22.5. The molecule has 162 valence electrons. The van der Waals surface area contributed by atoms with E-state index in [1.807, 2.05) is 13.0 Å². The van der Waals surface area contributed by atoms with Gasteiger partial charge in [0.15, 0.2) is 0 Å². The summed E-state index contributed by atoms with van der Waals surface area (Å²) in [6.07, 6.45) is -4.12. The lowest BCUT2D eigenvalue weighted by Crippen LogP contribution is -2.21. The molecule has 30 heavy (non-hydrogen) atoms. The van der Waals surface area contributed by atoms with Crippen LogP contribution in [0.1, 0.15) is 28.8 Å². The minimum Gasteiger partial charge on any atom is -0.475 e. The van der Waals surface area contributed by atoms with Crippen LogP contribution in [0.15, 0.2) is 24.3 Å². The average Bonchev–Trinajstić information content (AvgIpc) is 3.09. The van der Waals surface area contributed by atoms with Crippen LogP contribution in [0.2, 0.25) is 0 Å². The molecule has 0 atom stereocenters. The minimum absolute atomic E-state index is 0.248. The standard InChI is InChI=1S/C17H19FN4S.C2HF3O2/c1-3-13-7-14-16(21-10(2)22-17(14)23-13)20-9-12-5-4-11(8-19)6-15(12)18;3-2(4,5)1(6)7/h4-7H,3,8-9,19H2,1-2H3,(H,20,21,22);(H,6,7). The summed E-state index contributed by atoms with van der Waals surface area (Å²) in [7, 11) is 0. The Morgan fingerprint density at radius 1 is 1.27 bits per heavy atom. The van der Waals surface area contributed by atoms with Crippen molar-refractivity contribution in [3.05, 3.63) is 51.9 Å². The number of carboxylic acids is 1. The van der Waals surface area contributed by atoms with Crippen molar-refractivity contribution in [1.29, 1.82) is 0 Å². The first-order valence-corrected chi connectivity index (χ1v) is 9.65. The van der Waals surface area contributed by atoms with Gasteiger partial charge in [0.2, 0.25) is 0 Å². The number of nitrogens with two attached hydrogens (primary N) is 1. The number of rotatable bonds is 5. The third-order valence-corrected chi connectivity index (χ3v) is 5.12. The van der Waals surface area contributed by atoms with Crippen LogP contribution in [0.3, 0.4) is 0 Å². The van der Waals surface area contributed by atoms with Crippen molar-refractivity contribution in [2.75, 3.05) is 5.32 Å². The molecule has 0 radical (unpaired) electrons. The Kier molecular flexibility index (Phi) is 7.68. The third kappa shape index (κ3) is 6.10. The van der Waals surface area contributed by atoms with E-state index in [-0.39, 0.29) is 5.82 Å². The molecule has 2 aromatic heterocycles. The van der Waals surface area contributed by atoms with Crippen molar-refractivity contribution in [1.82, 2.24) is 9.97 Å². The lowest BCUT2D eigenvalue weighted by atomic mass is 10.1. The molecule has 4 N–H and O–H groups in total. The number of fused-ring (bicyclic) bond motifs is 1. The van der Waals surface area contributed by atoms with Crippen LogP contribution in [0, 0.1) is 12.7 Å². The Balaban J connectivity index is 0.000000396. The second kappa shape index (κ2) is 9.81. The first-order chi connectivity index (χ1) is 14.0. The quantitative estimate of drug-likeness (QED) is 0.504. The minimum atomic E-state index is -5.08. The van der Waals surface area contributed by atoms with Crippen molar-refractivity contribution in [2.24, 2.45) is 5.73 Å². The van der Waals surface area contributed by atoms with Crippen molar-refractivity contribution in [2.45, 2.75) is 39.5 Å². The number of carbonyl (C=O) groups is 1. The van der Waals surface area contributed by atoms with Gasteiger partial charge >= 0.3 is 12.1 Å². The fraction of sp³-hybridized carbons (Fsp3) is 0.316. The highest BCUT2D eigenvalue weighted by atomic mass is 32.1. The zero-order valence-electron chi connectivity index (χ0n) is 16.2. The molecule has 11 heteroatoms. The number of aromatic nitrogens is 2. The van der Waals surface area contributed by atoms with Gasteiger partial charge in [-0.15, -0.1) is 11.3 Å². The van der Waals surface area contributed by atoms with E-state index in [0.29, 0.717) is 24.5 Å². The van der Waals surface area contributed by atoms with Gasteiger partial charge < -0.3 is 16.2 Å². The predicted octanol–water partition coefficient (Wildman–Crippen LogP) is 4.41.